The highest BCUT2D eigenvalue weighted by molar-refractivity contribution is 5.95. The van der Waals surface area contributed by atoms with Crippen molar-refractivity contribution < 1.29 is 14.0 Å². The first kappa shape index (κ1) is 19.0. The van der Waals surface area contributed by atoms with Gasteiger partial charge < -0.3 is 14.2 Å². The summed E-state index contributed by atoms with van der Waals surface area (Å²) < 4.78 is 5.43. The van der Waals surface area contributed by atoms with Gasteiger partial charge in [-0.1, -0.05) is 26.0 Å². The van der Waals surface area contributed by atoms with Gasteiger partial charge in [-0.05, 0) is 48.7 Å². The van der Waals surface area contributed by atoms with Crippen LogP contribution in [0.1, 0.15) is 47.2 Å². The number of nitrogens with zero attached hydrogens (tertiary/aromatic N) is 2. The second kappa shape index (κ2) is 8.25. The van der Waals surface area contributed by atoms with E-state index >= 15 is 0 Å². The molecule has 0 N–H and O–H groups in total. The summed E-state index contributed by atoms with van der Waals surface area (Å²) in [6, 6.07) is 11.5. The molecule has 1 saturated heterocycles. The van der Waals surface area contributed by atoms with Crippen LogP contribution in [0.4, 0.5) is 0 Å². The number of carbonyl (C=O) groups is 2. The molecule has 142 valence electrons. The second-order valence-electron chi connectivity index (χ2n) is 7.18. The van der Waals surface area contributed by atoms with Crippen molar-refractivity contribution in [2.24, 2.45) is 0 Å². The lowest BCUT2D eigenvalue weighted by atomic mass is 10.0. The van der Waals surface area contributed by atoms with Gasteiger partial charge in [0.2, 0.25) is 5.91 Å². The Bertz CT molecular complexity index is 825. The molecule has 2 amide bonds. The molecule has 27 heavy (non-hydrogen) atoms. The Labute approximate surface area is 160 Å². The second-order valence-corrected chi connectivity index (χ2v) is 7.18. The maximum atomic E-state index is 12.7. The topological polar surface area (TPSA) is 53.8 Å². The number of amides is 2. The SMILES string of the molecule is Cc1ccc(/C=C/C(=O)N2CCN(C(=O)c3ccc(C(C)C)cc3)CC2)o1. The van der Waals surface area contributed by atoms with E-state index < -0.39 is 0 Å². The minimum absolute atomic E-state index is 0.0269. The van der Waals surface area contributed by atoms with Gasteiger partial charge in [0.25, 0.3) is 5.91 Å². The van der Waals surface area contributed by atoms with E-state index in [1.54, 1.807) is 11.0 Å². The summed E-state index contributed by atoms with van der Waals surface area (Å²) in [7, 11) is 0. The van der Waals surface area contributed by atoms with Crippen LogP contribution in [0, 0.1) is 6.92 Å². The first-order valence-electron chi connectivity index (χ1n) is 9.36. The molecule has 0 bridgehead atoms. The van der Waals surface area contributed by atoms with E-state index in [2.05, 4.69) is 13.8 Å². The van der Waals surface area contributed by atoms with E-state index in [4.69, 9.17) is 4.42 Å². The van der Waals surface area contributed by atoms with Crippen molar-refractivity contribution in [2.45, 2.75) is 26.7 Å². The number of furan rings is 1. The molecule has 1 aliphatic rings. The van der Waals surface area contributed by atoms with E-state index in [0.717, 1.165) is 5.76 Å². The Morgan fingerprint density at radius 3 is 2.15 bits per heavy atom. The Kier molecular flexibility index (Phi) is 5.79. The zero-order chi connectivity index (χ0) is 19.4. The van der Waals surface area contributed by atoms with Crippen molar-refractivity contribution >= 4 is 17.9 Å². The molecule has 0 atom stereocenters. The minimum Gasteiger partial charge on any atom is -0.462 e. The first-order valence-corrected chi connectivity index (χ1v) is 9.36. The standard InChI is InChI=1S/C22H26N2O3/c1-16(2)18-5-7-19(8-6-18)22(26)24-14-12-23(13-15-24)21(25)11-10-20-9-4-17(3)27-20/h4-11,16H,12-15H2,1-3H3/b11-10+. The van der Waals surface area contributed by atoms with Gasteiger partial charge in [0, 0.05) is 37.8 Å². The van der Waals surface area contributed by atoms with E-state index in [-0.39, 0.29) is 11.8 Å². The molecule has 2 aromatic rings. The summed E-state index contributed by atoms with van der Waals surface area (Å²) in [6.07, 6.45) is 3.21. The molecule has 1 fully saturated rings. The van der Waals surface area contributed by atoms with Crippen molar-refractivity contribution in [1.82, 2.24) is 9.80 Å². The number of carbonyl (C=O) groups excluding carboxylic acids is 2. The van der Waals surface area contributed by atoms with E-state index in [0.29, 0.717) is 43.4 Å². The molecule has 5 heteroatoms. The smallest absolute Gasteiger partial charge is 0.253 e. The molecule has 0 unspecified atom stereocenters. The predicted molar refractivity (Wildman–Crippen MR) is 105 cm³/mol. The fraction of sp³-hybridized carbons (Fsp3) is 0.364. The average molecular weight is 366 g/mol. The van der Waals surface area contributed by atoms with Gasteiger partial charge in [-0.2, -0.15) is 0 Å². The number of piperazine rings is 1. The first-order chi connectivity index (χ1) is 12.9. The Balaban J connectivity index is 1.54. The van der Waals surface area contributed by atoms with Crippen LogP contribution in [0.25, 0.3) is 6.08 Å². The van der Waals surface area contributed by atoms with Gasteiger partial charge in [0.15, 0.2) is 0 Å². The number of rotatable bonds is 4. The lowest BCUT2D eigenvalue weighted by Gasteiger charge is -2.34. The molecule has 1 aliphatic heterocycles. The van der Waals surface area contributed by atoms with Gasteiger partial charge in [-0.3, -0.25) is 9.59 Å². The van der Waals surface area contributed by atoms with Gasteiger partial charge in [-0.25, -0.2) is 0 Å². The zero-order valence-corrected chi connectivity index (χ0v) is 16.1. The van der Waals surface area contributed by atoms with Crippen LogP contribution in [0.5, 0.6) is 0 Å². The third-order valence-electron chi connectivity index (χ3n) is 4.85. The van der Waals surface area contributed by atoms with Crippen LogP contribution in [-0.2, 0) is 4.79 Å². The molecular weight excluding hydrogens is 340 g/mol. The molecule has 0 radical (unpaired) electrons. The number of hydrogen-bond acceptors (Lipinski definition) is 3. The molecular formula is C22H26N2O3. The largest absolute Gasteiger partial charge is 0.462 e. The maximum absolute atomic E-state index is 12.7. The highest BCUT2D eigenvalue weighted by atomic mass is 16.3. The van der Waals surface area contributed by atoms with Crippen molar-refractivity contribution in [3.05, 3.63) is 65.1 Å². The molecule has 5 nitrogen and oxygen atoms in total. The van der Waals surface area contributed by atoms with Crippen molar-refractivity contribution in [1.29, 1.82) is 0 Å². The van der Waals surface area contributed by atoms with Crippen molar-refractivity contribution in [2.75, 3.05) is 26.2 Å². The molecule has 0 aliphatic carbocycles. The Morgan fingerprint density at radius 2 is 1.59 bits per heavy atom. The minimum atomic E-state index is -0.0579. The van der Waals surface area contributed by atoms with Crippen molar-refractivity contribution in [3.8, 4) is 0 Å². The van der Waals surface area contributed by atoms with Crippen LogP contribution >= 0.6 is 0 Å². The normalized spacial score (nSPS) is 15.0. The van der Waals surface area contributed by atoms with Gasteiger partial charge in [0.05, 0.1) is 0 Å². The lowest BCUT2D eigenvalue weighted by molar-refractivity contribution is -0.127. The average Bonchev–Trinajstić information content (AvgIpc) is 3.11. The summed E-state index contributed by atoms with van der Waals surface area (Å²) in [5.74, 6) is 1.90. The van der Waals surface area contributed by atoms with Crippen LogP contribution in [0.2, 0.25) is 0 Å². The zero-order valence-electron chi connectivity index (χ0n) is 16.1. The summed E-state index contributed by atoms with van der Waals surface area (Å²) in [5, 5.41) is 0. The fourth-order valence-corrected chi connectivity index (χ4v) is 3.12. The molecule has 1 aromatic carbocycles. The summed E-state index contributed by atoms with van der Waals surface area (Å²) in [5.41, 5.74) is 1.92. The quantitative estimate of drug-likeness (QED) is 0.775. The summed E-state index contributed by atoms with van der Waals surface area (Å²) in [4.78, 5) is 28.6. The third-order valence-corrected chi connectivity index (χ3v) is 4.85. The van der Waals surface area contributed by atoms with Crippen LogP contribution in [0.3, 0.4) is 0 Å². The molecule has 1 aromatic heterocycles. The molecule has 2 heterocycles. The van der Waals surface area contributed by atoms with Crippen LogP contribution < -0.4 is 0 Å². The molecule has 0 spiro atoms. The molecule has 0 saturated carbocycles. The highest BCUT2D eigenvalue weighted by Crippen LogP contribution is 2.16. The van der Waals surface area contributed by atoms with Crippen molar-refractivity contribution in [3.63, 3.8) is 0 Å². The molecule has 3 rings (SSSR count). The van der Waals surface area contributed by atoms with E-state index in [9.17, 15) is 9.59 Å². The van der Waals surface area contributed by atoms with E-state index in [1.165, 1.54) is 11.6 Å². The van der Waals surface area contributed by atoms with E-state index in [1.807, 2.05) is 48.2 Å². The van der Waals surface area contributed by atoms with Crippen LogP contribution in [0.15, 0.2) is 46.9 Å². The van der Waals surface area contributed by atoms with Gasteiger partial charge in [0.1, 0.15) is 11.5 Å². The number of benzene rings is 1. The summed E-state index contributed by atoms with van der Waals surface area (Å²) >= 11 is 0. The Morgan fingerprint density at radius 1 is 0.963 bits per heavy atom. The summed E-state index contributed by atoms with van der Waals surface area (Å²) in [6.45, 7) is 8.30. The lowest BCUT2D eigenvalue weighted by Crippen LogP contribution is -2.50. The fourth-order valence-electron chi connectivity index (χ4n) is 3.12. The third kappa shape index (κ3) is 4.67. The maximum Gasteiger partial charge on any atom is 0.253 e. The van der Waals surface area contributed by atoms with Crippen LogP contribution in [-0.4, -0.2) is 47.8 Å². The van der Waals surface area contributed by atoms with Gasteiger partial charge in [-0.15, -0.1) is 0 Å². The predicted octanol–water partition coefficient (Wildman–Crippen LogP) is 3.71. The van der Waals surface area contributed by atoms with Gasteiger partial charge >= 0.3 is 0 Å². The Hall–Kier alpha value is -2.82. The monoisotopic (exact) mass is 366 g/mol. The number of aryl methyl sites for hydroxylation is 1. The number of hydrogen-bond donors (Lipinski definition) is 0. The highest BCUT2D eigenvalue weighted by Gasteiger charge is 2.24.